The van der Waals surface area contributed by atoms with Gasteiger partial charge in [0.25, 0.3) is 0 Å². The van der Waals surface area contributed by atoms with Crippen LogP contribution in [0.4, 0.5) is 0 Å². The molecule has 0 bridgehead atoms. The third-order valence-corrected chi connectivity index (χ3v) is 11.1. The second-order valence-electron chi connectivity index (χ2n) is 14.8. The molecule has 0 radical (unpaired) electrons. The third kappa shape index (κ3) is 5.48. The van der Waals surface area contributed by atoms with Crippen molar-refractivity contribution in [2.45, 2.75) is 85.5 Å². The van der Waals surface area contributed by atoms with Crippen LogP contribution in [0.2, 0.25) is 0 Å². The van der Waals surface area contributed by atoms with Gasteiger partial charge in [-0.2, -0.15) is 0 Å². The van der Waals surface area contributed by atoms with E-state index in [4.69, 9.17) is 8.83 Å². The van der Waals surface area contributed by atoms with Gasteiger partial charge in [-0.25, -0.2) is 0 Å². The largest absolute Gasteiger partial charge is 0.455 e. The van der Waals surface area contributed by atoms with E-state index in [1.807, 2.05) is 0 Å². The molecule has 6 aromatic carbocycles. The van der Waals surface area contributed by atoms with Gasteiger partial charge in [0.2, 0.25) is 0 Å². The molecule has 254 valence electrons. The van der Waals surface area contributed by atoms with Crippen molar-refractivity contribution in [2.75, 3.05) is 0 Å². The molecule has 0 spiro atoms. The summed E-state index contributed by atoms with van der Waals surface area (Å²) in [5, 5.41) is 4.93. The molecule has 0 saturated carbocycles. The molecule has 2 heteroatoms. The second-order valence-corrected chi connectivity index (χ2v) is 14.8. The lowest BCUT2D eigenvalue weighted by Crippen LogP contribution is -1.89. The van der Waals surface area contributed by atoms with Crippen molar-refractivity contribution in [3.8, 4) is 33.4 Å². The number of fused-ring (bicyclic) bond motifs is 9. The molecule has 0 aliphatic heterocycles. The molecule has 0 N–H and O–H groups in total. The minimum absolute atomic E-state index is 0.956. The van der Waals surface area contributed by atoms with E-state index in [-0.39, 0.29) is 0 Å². The van der Waals surface area contributed by atoms with Crippen LogP contribution in [-0.4, -0.2) is 0 Å². The molecule has 2 aromatic heterocycles. The number of hydrogen-bond donors (Lipinski definition) is 0. The highest BCUT2D eigenvalue weighted by molar-refractivity contribution is 6.11. The van der Waals surface area contributed by atoms with E-state index < -0.39 is 0 Å². The fourth-order valence-electron chi connectivity index (χ4n) is 8.66. The van der Waals surface area contributed by atoms with E-state index in [0.29, 0.717) is 0 Å². The molecule has 0 unspecified atom stereocenters. The normalized spacial score (nSPS) is 12.5. The topological polar surface area (TPSA) is 26.3 Å². The van der Waals surface area contributed by atoms with Gasteiger partial charge in [-0.15, -0.1) is 0 Å². The van der Waals surface area contributed by atoms with Gasteiger partial charge in [-0.3, -0.25) is 0 Å². The monoisotopic (exact) mass is 666 g/mol. The summed E-state index contributed by atoms with van der Waals surface area (Å²) in [6.45, 7) is 9.02. The van der Waals surface area contributed by atoms with Crippen LogP contribution in [0.15, 0.2) is 106 Å². The number of rotatable bonds is 10. The molecule has 9 rings (SSSR count). The lowest BCUT2D eigenvalue weighted by Gasteiger charge is -2.11. The van der Waals surface area contributed by atoms with Crippen LogP contribution in [0.25, 0.3) is 77.3 Å². The lowest BCUT2D eigenvalue weighted by atomic mass is 9.92. The first-order valence-electron chi connectivity index (χ1n) is 19.3. The summed E-state index contributed by atoms with van der Waals surface area (Å²) in [7, 11) is 0. The second kappa shape index (κ2) is 12.9. The predicted octanol–water partition coefficient (Wildman–Crippen LogP) is 14.2. The minimum Gasteiger partial charge on any atom is -0.455 e. The number of benzene rings is 6. The fourth-order valence-corrected chi connectivity index (χ4v) is 8.66. The predicted molar refractivity (Wildman–Crippen MR) is 216 cm³/mol. The summed E-state index contributed by atoms with van der Waals surface area (Å²) in [4.78, 5) is 0. The highest BCUT2D eigenvalue weighted by Crippen LogP contribution is 2.45. The van der Waals surface area contributed by atoms with Crippen molar-refractivity contribution in [3.05, 3.63) is 130 Å². The third-order valence-electron chi connectivity index (χ3n) is 11.1. The van der Waals surface area contributed by atoms with Crippen LogP contribution in [0.1, 0.15) is 86.8 Å². The van der Waals surface area contributed by atoms with Crippen LogP contribution in [-0.2, 0) is 32.1 Å². The van der Waals surface area contributed by atoms with E-state index in [9.17, 15) is 0 Å². The molecule has 1 aliphatic rings. The van der Waals surface area contributed by atoms with Gasteiger partial charge in [0.15, 0.2) is 0 Å². The van der Waals surface area contributed by atoms with Gasteiger partial charge >= 0.3 is 0 Å². The molecule has 0 saturated heterocycles. The van der Waals surface area contributed by atoms with Crippen LogP contribution >= 0.6 is 0 Å². The van der Waals surface area contributed by atoms with E-state index in [1.165, 1.54) is 88.3 Å². The summed E-state index contributed by atoms with van der Waals surface area (Å²) < 4.78 is 13.4. The van der Waals surface area contributed by atoms with Gasteiger partial charge < -0.3 is 8.83 Å². The first-order valence-corrected chi connectivity index (χ1v) is 19.3. The highest BCUT2D eigenvalue weighted by Gasteiger charge is 2.23. The molecule has 8 aromatic rings. The Kier molecular flexibility index (Phi) is 8.07. The Morgan fingerprint density at radius 2 is 0.804 bits per heavy atom. The molecular weight excluding hydrogens is 621 g/mol. The van der Waals surface area contributed by atoms with Gasteiger partial charge in [0.05, 0.1) is 0 Å². The zero-order valence-corrected chi connectivity index (χ0v) is 30.4. The Balaban J connectivity index is 1.19. The Bertz CT molecular complexity index is 2430. The van der Waals surface area contributed by atoms with Crippen molar-refractivity contribution in [1.29, 1.82) is 0 Å². The van der Waals surface area contributed by atoms with Crippen molar-refractivity contribution in [2.24, 2.45) is 0 Å². The average Bonchev–Trinajstić information content (AvgIpc) is 3.82. The number of aryl methyl sites for hydroxylation is 4. The first-order chi connectivity index (χ1) is 25.0. The molecule has 2 heterocycles. The quantitative estimate of drug-likeness (QED) is 0.145. The SMILES string of the molecule is CCCc1ccc2oc3c(-c4ccc5c(c4)-c4cc(-c6cc(CCC)cc7c6oc6ccc(CCC)cc67)ccc4C5)cc(CCC)cc3c2c1. The van der Waals surface area contributed by atoms with Crippen molar-refractivity contribution >= 4 is 43.9 Å². The van der Waals surface area contributed by atoms with E-state index in [0.717, 1.165) is 80.1 Å². The smallest absolute Gasteiger partial charge is 0.143 e. The number of hydrogen-bond acceptors (Lipinski definition) is 2. The van der Waals surface area contributed by atoms with E-state index in [2.05, 4.69) is 125 Å². The minimum atomic E-state index is 0.956. The average molecular weight is 667 g/mol. The molecule has 51 heavy (non-hydrogen) atoms. The lowest BCUT2D eigenvalue weighted by molar-refractivity contribution is 0.669. The van der Waals surface area contributed by atoms with Gasteiger partial charge in [0, 0.05) is 32.7 Å². The Morgan fingerprint density at radius 3 is 1.24 bits per heavy atom. The van der Waals surface area contributed by atoms with Crippen LogP contribution < -0.4 is 0 Å². The summed E-state index contributed by atoms with van der Waals surface area (Å²) >= 11 is 0. The van der Waals surface area contributed by atoms with Gasteiger partial charge in [-0.05, 0) is 148 Å². The van der Waals surface area contributed by atoms with Gasteiger partial charge in [0.1, 0.15) is 22.3 Å². The fraction of sp³-hybridized carbons (Fsp3) is 0.265. The summed E-state index contributed by atoms with van der Waals surface area (Å²) in [5.74, 6) is 0. The van der Waals surface area contributed by atoms with Crippen molar-refractivity contribution in [1.82, 2.24) is 0 Å². The summed E-state index contributed by atoms with van der Waals surface area (Å²) in [6.07, 6.45) is 9.72. The standard InChI is InChI=1S/C49H46O2/c1-5-9-30-13-19-46-42(21-30)44-25-32(11-7-3)23-40(48(44)50-46)36-17-15-34-27-35-16-18-37(29-39(35)38(34)28-36)41-24-33(12-8-4)26-45-43-22-31(10-6-2)14-20-47(43)51-49(41)45/h13-26,28-29H,5-12,27H2,1-4H3. The zero-order chi connectivity index (χ0) is 34.6. The number of furan rings is 2. The van der Waals surface area contributed by atoms with Crippen LogP contribution in [0.5, 0.6) is 0 Å². The summed E-state index contributed by atoms with van der Waals surface area (Å²) in [6, 6.07) is 37.1. The highest BCUT2D eigenvalue weighted by atomic mass is 16.3. The molecule has 1 aliphatic carbocycles. The zero-order valence-electron chi connectivity index (χ0n) is 30.4. The molecule has 0 fully saturated rings. The van der Waals surface area contributed by atoms with E-state index >= 15 is 0 Å². The molecule has 0 atom stereocenters. The molecule has 2 nitrogen and oxygen atoms in total. The first kappa shape index (κ1) is 31.9. The molecule has 0 amide bonds. The van der Waals surface area contributed by atoms with Gasteiger partial charge in [-0.1, -0.05) is 89.8 Å². The maximum atomic E-state index is 6.68. The van der Waals surface area contributed by atoms with E-state index in [1.54, 1.807) is 0 Å². The Morgan fingerprint density at radius 1 is 0.392 bits per heavy atom. The summed E-state index contributed by atoms with van der Waals surface area (Å²) in [5.41, 5.74) is 19.7. The Hall–Kier alpha value is -5.08. The maximum Gasteiger partial charge on any atom is 0.143 e. The van der Waals surface area contributed by atoms with Crippen LogP contribution in [0.3, 0.4) is 0 Å². The van der Waals surface area contributed by atoms with Crippen molar-refractivity contribution in [3.63, 3.8) is 0 Å². The maximum absolute atomic E-state index is 6.68. The molecular formula is C49H46O2. The van der Waals surface area contributed by atoms with Crippen LogP contribution in [0, 0.1) is 0 Å². The Labute approximate surface area is 301 Å². The van der Waals surface area contributed by atoms with Crippen molar-refractivity contribution < 1.29 is 8.83 Å².